The van der Waals surface area contributed by atoms with Gasteiger partial charge in [0.15, 0.2) is 6.10 Å². The van der Waals surface area contributed by atoms with Crippen LogP contribution in [0, 0.1) is 19.7 Å². The molecule has 0 saturated carbocycles. The zero-order valence-electron chi connectivity index (χ0n) is 14.0. The summed E-state index contributed by atoms with van der Waals surface area (Å²) in [6, 6.07) is 9.22. The molecule has 0 spiro atoms. The van der Waals surface area contributed by atoms with Gasteiger partial charge in [-0.05, 0) is 72.1 Å². The molecule has 2 rings (SSSR count). The molecule has 0 heterocycles. The predicted molar refractivity (Wildman–Crippen MR) is 95.7 cm³/mol. The summed E-state index contributed by atoms with van der Waals surface area (Å²) in [5.74, 6) is -0.940. The summed E-state index contributed by atoms with van der Waals surface area (Å²) >= 11 is 3.10. The molecule has 0 aliphatic rings. The molecule has 2 N–H and O–H groups in total. The van der Waals surface area contributed by atoms with Gasteiger partial charge in [-0.15, -0.1) is 0 Å². The maximum Gasteiger partial charge on any atom is 0.279 e. The molecule has 0 radical (unpaired) electrons. The van der Waals surface area contributed by atoms with E-state index in [1.165, 1.54) is 12.1 Å². The number of nitrogens with one attached hydrogen (secondary N) is 2. The molecular weight excluding hydrogens is 391 g/mol. The first-order chi connectivity index (χ1) is 11.8. The van der Waals surface area contributed by atoms with E-state index in [4.69, 9.17) is 4.74 Å². The second-order valence-corrected chi connectivity index (χ2v) is 6.38. The zero-order chi connectivity index (χ0) is 18.6. The SMILES string of the molecule is Cc1cccc(O[C@@H](C)C(=O)NNC(=O)c2ccc(F)cc2Br)c1C. The highest BCUT2D eigenvalue weighted by molar-refractivity contribution is 9.10. The van der Waals surface area contributed by atoms with Crippen molar-refractivity contribution >= 4 is 27.7 Å². The Labute approximate surface area is 153 Å². The zero-order valence-corrected chi connectivity index (χ0v) is 15.6. The summed E-state index contributed by atoms with van der Waals surface area (Å²) in [4.78, 5) is 24.1. The number of hydrogen-bond acceptors (Lipinski definition) is 3. The lowest BCUT2D eigenvalue weighted by atomic mass is 10.1. The lowest BCUT2D eigenvalue weighted by Gasteiger charge is -2.17. The molecule has 2 aromatic carbocycles. The minimum atomic E-state index is -0.808. The molecule has 0 bridgehead atoms. The Hall–Kier alpha value is -2.41. The molecule has 7 heteroatoms. The van der Waals surface area contributed by atoms with Crippen molar-refractivity contribution in [3.63, 3.8) is 0 Å². The first-order valence-corrected chi connectivity index (χ1v) is 8.37. The fraction of sp³-hybridized carbons (Fsp3) is 0.222. The standard InChI is InChI=1S/C18H18BrFN2O3/c1-10-5-4-6-16(11(10)2)25-12(3)17(23)21-22-18(24)14-8-7-13(20)9-15(14)19/h4-9,12H,1-3H3,(H,21,23)(H,22,24)/t12-/m0/s1. The van der Waals surface area contributed by atoms with Gasteiger partial charge < -0.3 is 4.74 Å². The first kappa shape index (κ1) is 18.9. The van der Waals surface area contributed by atoms with Gasteiger partial charge in [0.25, 0.3) is 11.8 Å². The van der Waals surface area contributed by atoms with Gasteiger partial charge in [-0.3, -0.25) is 20.4 Å². The largest absolute Gasteiger partial charge is 0.481 e. The highest BCUT2D eigenvalue weighted by atomic mass is 79.9. The van der Waals surface area contributed by atoms with Gasteiger partial charge in [0, 0.05) is 4.47 Å². The molecule has 1 atom stereocenters. The van der Waals surface area contributed by atoms with E-state index in [0.29, 0.717) is 10.2 Å². The minimum Gasteiger partial charge on any atom is -0.481 e. The van der Waals surface area contributed by atoms with Crippen molar-refractivity contribution < 1.29 is 18.7 Å². The normalized spacial score (nSPS) is 11.6. The second kappa shape index (κ2) is 8.11. The van der Waals surface area contributed by atoms with Gasteiger partial charge in [-0.2, -0.15) is 0 Å². The number of ether oxygens (including phenoxy) is 1. The third-order valence-electron chi connectivity index (χ3n) is 3.70. The van der Waals surface area contributed by atoms with Gasteiger partial charge in [-0.1, -0.05) is 12.1 Å². The van der Waals surface area contributed by atoms with Gasteiger partial charge in [0.2, 0.25) is 0 Å². The number of carbonyl (C=O) groups excluding carboxylic acids is 2. The van der Waals surface area contributed by atoms with E-state index in [9.17, 15) is 14.0 Å². The number of hydrazine groups is 1. The van der Waals surface area contributed by atoms with Gasteiger partial charge >= 0.3 is 0 Å². The summed E-state index contributed by atoms with van der Waals surface area (Å²) in [6.45, 7) is 5.44. The van der Waals surface area contributed by atoms with E-state index >= 15 is 0 Å². The van der Waals surface area contributed by atoms with E-state index in [1.807, 2.05) is 26.0 Å². The summed E-state index contributed by atoms with van der Waals surface area (Å²) in [5.41, 5.74) is 6.78. The molecule has 0 unspecified atom stereocenters. The molecular formula is C18H18BrFN2O3. The number of hydrogen-bond donors (Lipinski definition) is 2. The van der Waals surface area contributed by atoms with Crippen LogP contribution in [0.25, 0.3) is 0 Å². The molecule has 0 aliphatic heterocycles. The number of benzene rings is 2. The molecule has 132 valence electrons. The highest BCUT2D eigenvalue weighted by Crippen LogP contribution is 2.21. The van der Waals surface area contributed by atoms with Crippen LogP contribution >= 0.6 is 15.9 Å². The van der Waals surface area contributed by atoms with Crippen LogP contribution in [0.2, 0.25) is 0 Å². The molecule has 0 aliphatic carbocycles. The molecule has 0 aromatic heterocycles. The van der Waals surface area contributed by atoms with Gasteiger partial charge in [0.1, 0.15) is 11.6 Å². The van der Waals surface area contributed by atoms with E-state index < -0.39 is 23.7 Å². The van der Waals surface area contributed by atoms with Crippen LogP contribution in [0.15, 0.2) is 40.9 Å². The summed E-state index contributed by atoms with van der Waals surface area (Å²) in [7, 11) is 0. The lowest BCUT2D eigenvalue weighted by molar-refractivity contribution is -0.128. The maximum atomic E-state index is 13.1. The van der Waals surface area contributed by atoms with Crippen molar-refractivity contribution in [1.29, 1.82) is 0 Å². The highest BCUT2D eigenvalue weighted by Gasteiger charge is 2.18. The van der Waals surface area contributed by atoms with Crippen molar-refractivity contribution in [3.8, 4) is 5.75 Å². The Morgan fingerprint density at radius 2 is 1.88 bits per heavy atom. The fourth-order valence-electron chi connectivity index (χ4n) is 2.06. The first-order valence-electron chi connectivity index (χ1n) is 7.57. The number of carbonyl (C=O) groups is 2. The number of amides is 2. The average Bonchev–Trinajstić information content (AvgIpc) is 2.56. The van der Waals surface area contributed by atoms with E-state index in [-0.39, 0.29) is 5.56 Å². The quantitative estimate of drug-likeness (QED) is 0.761. The van der Waals surface area contributed by atoms with Crippen molar-refractivity contribution in [2.24, 2.45) is 0 Å². The monoisotopic (exact) mass is 408 g/mol. The van der Waals surface area contributed by atoms with Crippen LogP contribution < -0.4 is 15.6 Å². The Bertz CT molecular complexity index is 811. The lowest BCUT2D eigenvalue weighted by Crippen LogP contribution is -2.47. The maximum absolute atomic E-state index is 13.1. The fourth-order valence-corrected chi connectivity index (χ4v) is 2.59. The summed E-state index contributed by atoms with van der Waals surface area (Å²) < 4.78 is 19.0. The Morgan fingerprint density at radius 1 is 1.16 bits per heavy atom. The molecule has 0 saturated heterocycles. The Balaban J connectivity index is 1.95. The van der Waals surface area contributed by atoms with E-state index in [1.54, 1.807) is 13.0 Å². The average molecular weight is 409 g/mol. The van der Waals surface area contributed by atoms with E-state index in [0.717, 1.165) is 17.2 Å². The van der Waals surface area contributed by atoms with Gasteiger partial charge in [-0.25, -0.2) is 4.39 Å². The second-order valence-electron chi connectivity index (χ2n) is 5.53. The molecule has 0 fully saturated rings. The third-order valence-corrected chi connectivity index (χ3v) is 4.36. The van der Waals surface area contributed by atoms with Crippen LogP contribution in [0.1, 0.15) is 28.4 Å². The van der Waals surface area contributed by atoms with Crippen LogP contribution in [0.3, 0.4) is 0 Å². The Kier molecular flexibility index (Phi) is 6.14. The molecule has 5 nitrogen and oxygen atoms in total. The van der Waals surface area contributed by atoms with Crippen LogP contribution in [-0.2, 0) is 4.79 Å². The Morgan fingerprint density at radius 3 is 2.56 bits per heavy atom. The van der Waals surface area contributed by atoms with Crippen LogP contribution in [0.5, 0.6) is 5.75 Å². The predicted octanol–water partition coefficient (Wildman–Crippen LogP) is 3.43. The van der Waals surface area contributed by atoms with Crippen molar-refractivity contribution in [2.75, 3.05) is 0 Å². The third kappa shape index (κ3) is 4.79. The summed E-state index contributed by atoms with van der Waals surface area (Å²) in [6.07, 6.45) is -0.808. The van der Waals surface area contributed by atoms with Crippen LogP contribution in [0.4, 0.5) is 4.39 Å². The number of halogens is 2. The smallest absolute Gasteiger partial charge is 0.279 e. The van der Waals surface area contributed by atoms with Gasteiger partial charge in [0.05, 0.1) is 5.56 Å². The van der Waals surface area contributed by atoms with Crippen molar-refractivity contribution in [1.82, 2.24) is 10.9 Å². The van der Waals surface area contributed by atoms with Crippen molar-refractivity contribution in [2.45, 2.75) is 26.9 Å². The summed E-state index contributed by atoms with van der Waals surface area (Å²) in [5, 5.41) is 0. The molecule has 2 amide bonds. The van der Waals surface area contributed by atoms with Crippen molar-refractivity contribution in [3.05, 3.63) is 63.4 Å². The van der Waals surface area contributed by atoms with Crippen LogP contribution in [-0.4, -0.2) is 17.9 Å². The molecule has 2 aromatic rings. The topological polar surface area (TPSA) is 67.4 Å². The number of aryl methyl sites for hydroxylation is 1. The van der Waals surface area contributed by atoms with E-state index in [2.05, 4.69) is 26.8 Å². The number of rotatable bonds is 4. The minimum absolute atomic E-state index is 0.199. The molecule has 25 heavy (non-hydrogen) atoms.